The maximum absolute atomic E-state index is 5.91. The molecule has 0 bridgehead atoms. The van der Waals surface area contributed by atoms with Gasteiger partial charge in [-0.05, 0) is 26.5 Å². The molecule has 0 unspecified atom stereocenters. The van der Waals surface area contributed by atoms with Crippen LogP contribution in [-0.4, -0.2) is 23.4 Å². The van der Waals surface area contributed by atoms with Crippen molar-refractivity contribution in [2.45, 2.75) is 25.9 Å². The van der Waals surface area contributed by atoms with Gasteiger partial charge < -0.3 is 0 Å². The van der Waals surface area contributed by atoms with E-state index < -0.39 is 0 Å². The van der Waals surface area contributed by atoms with Crippen LogP contribution in [0.15, 0.2) is 30.3 Å². The Kier molecular flexibility index (Phi) is 3.97. The average Bonchev–Trinajstić information content (AvgIpc) is 2.19. The highest BCUT2D eigenvalue weighted by atomic mass is 35.5. The van der Waals surface area contributed by atoms with Crippen molar-refractivity contribution in [2.75, 3.05) is 12.9 Å². The number of hydrogen-bond acceptors (Lipinski definition) is 1. The van der Waals surface area contributed by atoms with E-state index in [-0.39, 0.29) is 5.54 Å². The summed E-state index contributed by atoms with van der Waals surface area (Å²) in [7, 11) is 2.11. The van der Waals surface area contributed by atoms with Crippen LogP contribution in [0.5, 0.6) is 0 Å². The van der Waals surface area contributed by atoms with Crippen molar-refractivity contribution in [3.8, 4) is 0 Å². The van der Waals surface area contributed by atoms with Crippen molar-refractivity contribution in [1.82, 2.24) is 4.90 Å². The first kappa shape index (κ1) is 11.5. The van der Waals surface area contributed by atoms with Crippen molar-refractivity contribution < 1.29 is 0 Å². The van der Waals surface area contributed by atoms with Crippen LogP contribution in [-0.2, 0) is 6.54 Å². The molecular formula is C12H18ClN. The van der Waals surface area contributed by atoms with Crippen molar-refractivity contribution in [1.29, 1.82) is 0 Å². The number of alkyl halides is 1. The van der Waals surface area contributed by atoms with Crippen LogP contribution < -0.4 is 0 Å². The topological polar surface area (TPSA) is 3.24 Å². The predicted octanol–water partition coefficient (Wildman–Crippen LogP) is 3.14. The van der Waals surface area contributed by atoms with Crippen LogP contribution in [0.25, 0.3) is 0 Å². The zero-order valence-corrected chi connectivity index (χ0v) is 9.88. The lowest BCUT2D eigenvalue weighted by atomic mass is 10.1. The van der Waals surface area contributed by atoms with Crippen molar-refractivity contribution >= 4 is 11.6 Å². The molecule has 1 rings (SSSR count). The fourth-order valence-electron chi connectivity index (χ4n) is 1.17. The van der Waals surface area contributed by atoms with E-state index in [0.717, 1.165) is 6.54 Å². The third-order valence-electron chi connectivity index (χ3n) is 2.62. The number of rotatable bonds is 4. The van der Waals surface area contributed by atoms with Crippen LogP contribution in [0, 0.1) is 0 Å². The summed E-state index contributed by atoms with van der Waals surface area (Å²) in [6, 6.07) is 10.4. The minimum absolute atomic E-state index is 0.0530. The third-order valence-corrected chi connectivity index (χ3v) is 3.28. The molecule has 1 aromatic carbocycles. The first-order valence-electron chi connectivity index (χ1n) is 4.87. The van der Waals surface area contributed by atoms with Gasteiger partial charge in [0.25, 0.3) is 0 Å². The molecule has 1 aromatic rings. The Morgan fingerprint density at radius 1 is 1.21 bits per heavy atom. The van der Waals surface area contributed by atoms with E-state index in [1.807, 2.05) is 6.07 Å². The molecule has 0 aromatic heterocycles. The monoisotopic (exact) mass is 211 g/mol. The van der Waals surface area contributed by atoms with E-state index in [9.17, 15) is 0 Å². The van der Waals surface area contributed by atoms with Crippen molar-refractivity contribution in [3.05, 3.63) is 35.9 Å². The molecule has 1 nitrogen and oxygen atoms in total. The second-order valence-electron chi connectivity index (χ2n) is 4.29. The van der Waals surface area contributed by atoms with E-state index in [2.05, 4.69) is 50.1 Å². The zero-order chi connectivity index (χ0) is 10.6. The van der Waals surface area contributed by atoms with E-state index >= 15 is 0 Å². The van der Waals surface area contributed by atoms with E-state index in [4.69, 9.17) is 11.6 Å². The molecule has 0 saturated heterocycles. The standard InChI is InChI=1S/C12H18ClN/c1-12(2,10-13)14(3)9-11-7-5-4-6-8-11/h4-8H,9-10H2,1-3H3. The maximum Gasteiger partial charge on any atom is 0.0402 e. The van der Waals surface area contributed by atoms with Gasteiger partial charge in [0.05, 0.1) is 0 Å². The van der Waals surface area contributed by atoms with E-state index in [1.165, 1.54) is 5.56 Å². The van der Waals surface area contributed by atoms with Gasteiger partial charge in [0.1, 0.15) is 0 Å². The quantitative estimate of drug-likeness (QED) is 0.692. The largest absolute Gasteiger partial charge is 0.296 e. The number of hydrogen-bond donors (Lipinski definition) is 0. The Balaban J connectivity index is 2.62. The Bertz CT molecular complexity index is 269. The lowest BCUT2D eigenvalue weighted by Crippen LogP contribution is -2.42. The molecule has 78 valence electrons. The van der Waals surface area contributed by atoms with Crippen molar-refractivity contribution in [3.63, 3.8) is 0 Å². The van der Waals surface area contributed by atoms with Crippen LogP contribution in [0.4, 0.5) is 0 Å². The minimum Gasteiger partial charge on any atom is -0.296 e. The molecular weight excluding hydrogens is 194 g/mol. The molecule has 0 aliphatic heterocycles. The van der Waals surface area contributed by atoms with Crippen LogP contribution >= 0.6 is 11.6 Å². The zero-order valence-electron chi connectivity index (χ0n) is 9.13. The second-order valence-corrected chi connectivity index (χ2v) is 4.55. The van der Waals surface area contributed by atoms with Gasteiger partial charge in [-0.25, -0.2) is 0 Å². The molecule has 0 atom stereocenters. The highest BCUT2D eigenvalue weighted by molar-refractivity contribution is 6.18. The highest BCUT2D eigenvalue weighted by Gasteiger charge is 2.21. The van der Waals surface area contributed by atoms with Crippen LogP contribution in [0.1, 0.15) is 19.4 Å². The summed E-state index contributed by atoms with van der Waals surface area (Å²) in [5, 5.41) is 0. The molecule has 14 heavy (non-hydrogen) atoms. The first-order chi connectivity index (χ1) is 6.56. The van der Waals surface area contributed by atoms with Gasteiger partial charge in [0.15, 0.2) is 0 Å². The normalized spacial score (nSPS) is 12.1. The second kappa shape index (κ2) is 4.81. The summed E-state index contributed by atoms with van der Waals surface area (Å²) < 4.78 is 0. The van der Waals surface area contributed by atoms with Crippen molar-refractivity contribution in [2.24, 2.45) is 0 Å². The summed E-state index contributed by atoms with van der Waals surface area (Å²) in [6.45, 7) is 5.26. The van der Waals surface area contributed by atoms with E-state index in [0.29, 0.717) is 5.88 Å². The molecule has 0 spiro atoms. The van der Waals surface area contributed by atoms with Gasteiger partial charge in [-0.3, -0.25) is 4.90 Å². The summed E-state index contributed by atoms with van der Waals surface area (Å²) in [4.78, 5) is 2.27. The predicted molar refractivity (Wildman–Crippen MR) is 62.7 cm³/mol. The molecule has 0 amide bonds. The molecule has 0 fully saturated rings. The van der Waals surface area contributed by atoms with Gasteiger partial charge in [0.2, 0.25) is 0 Å². The highest BCUT2D eigenvalue weighted by Crippen LogP contribution is 2.16. The first-order valence-corrected chi connectivity index (χ1v) is 5.41. The minimum atomic E-state index is 0.0530. The summed E-state index contributed by atoms with van der Waals surface area (Å²) >= 11 is 5.91. The SMILES string of the molecule is CN(Cc1ccccc1)C(C)(C)CCl. The number of benzene rings is 1. The smallest absolute Gasteiger partial charge is 0.0402 e. The van der Waals surface area contributed by atoms with Gasteiger partial charge in [-0.1, -0.05) is 30.3 Å². The van der Waals surface area contributed by atoms with Gasteiger partial charge in [0, 0.05) is 18.0 Å². The Hall–Kier alpha value is -0.530. The van der Waals surface area contributed by atoms with Crippen LogP contribution in [0.3, 0.4) is 0 Å². The van der Waals surface area contributed by atoms with Gasteiger partial charge >= 0.3 is 0 Å². The van der Waals surface area contributed by atoms with E-state index in [1.54, 1.807) is 0 Å². The fraction of sp³-hybridized carbons (Fsp3) is 0.500. The fourth-order valence-corrected chi connectivity index (χ4v) is 1.38. The van der Waals surface area contributed by atoms with Crippen LogP contribution in [0.2, 0.25) is 0 Å². The van der Waals surface area contributed by atoms with Gasteiger partial charge in [-0.15, -0.1) is 11.6 Å². The Labute approximate surface area is 91.7 Å². The number of nitrogens with zero attached hydrogens (tertiary/aromatic N) is 1. The third kappa shape index (κ3) is 3.00. The summed E-state index contributed by atoms with van der Waals surface area (Å²) in [5.41, 5.74) is 1.38. The molecule has 0 heterocycles. The molecule has 0 saturated carbocycles. The lowest BCUT2D eigenvalue weighted by molar-refractivity contribution is 0.171. The molecule has 0 aliphatic rings. The lowest BCUT2D eigenvalue weighted by Gasteiger charge is -2.33. The maximum atomic E-state index is 5.91. The Morgan fingerprint density at radius 3 is 2.29 bits per heavy atom. The average molecular weight is 212 g/mol. The van der Waals surface area contributed by atoms with Gasteiger partial charge in [-0.2, -0.15) is 0 Å². The Morgan fingerprint density at radius 2 is 1.79 bits per heavy atom. The molecule has 0 radical (unpaired) electrons. The number of halogens is 1. The molecule has 0 aliphatic carbocycles. The molecule has 2 heteroatoms. The summed E-state index contributed by atoms with van der Waals surface area (Å²) in [6.07, 6.45) is 0. The summed E-state index contributed by atoms with van der Waals surface area (Å²) in [5.74, 6) is 0.649. The molecule has 0 N–H and O–H groups in total.